The molecule has 0 unspecified atom stereocenters. The minimum absolute atomic E-state index is 0.627. The Bertz CT molecular complexity index is 349. The first-order chi connectivity index (χ1) is 7.33. The molecule has 1 heterocycles. The highest BCUT2D eigenvalue weighted by Crippen LogP contribution is 2.00. The maximum atomic E-state index is 5.00. The van der Waals surface area contributed by atoms with Crippen molar-refractivity contribution in [1.29, 1.82) is 0 Å². The number of hydrogen-bond donors (Lipinski definition) is 1. The molecule has 5 heteroatoms. The summed E-state index contributed by atoms with van der Waals surface area (Å²) >= 11 is 6.48. The molecule has 0 saturated heterocycles. The van der Waals surface area contributed by atoms with Gasteiger partial charge in [0.15, 0.2) is 4.32 Å². The van der Waals surface area contributed by atoms with Crippen molar-refractivity contribution in [3.8, 4) is 0 Å². The smallest absolute Gasteiger partial charge is 0.154 e. The van der Waals surface area contributed by atoms with Crippen molar-refractivity contribution in [1.82, 2.24) is 10.4 Å². The Morgan fingerprint density at radius 2 is 2.53 bits per heavy atom. The molecule has 3 nitrogen and oxygen atoms in total. The van der Waals surface area contributed by atoms with Crippen LogP contribution < -0.4 is 5.43 Å². The minimum Gasteiger partial charge on any atom is -0.262 e. The van der Waals surface area contributed by atoms with E-state index in [0.717, 1.165) is 11.4 Å². The topological polar surface area (TPSA) is 37.3 Å². The van der Waals surface area contributed by atoms with Crippen LogP contribution in [-0.2, 0) is 0 Å². The molecule has 0 fully saturated rings. The lowest BCUT2D eigenvalue weighted by Gasteiger charge is -1.98. The number of hydrogen-bond acceptors (Lipinski definition) is 4. The zero-order valence-electron chi connectivity index (χ0n) is 8.09. The van der Waals surface area contributed by atoms with Gasteiger partial charge in [-0.3, -0.25) is 10.4 Å². The molecule has 0 atom stereocenters. The van der Waals surface area contributed by atoms with E-state index in [-0.39, 0.29) is 0 Å². The van der Waals surface area contributed by atoms with E-state index in [1.165, 1.54) is 11.8 Å². The largest absolute Gasteiger partial charge is 0.262 e. The Morgan fingerprint density at radius 1 is 1.67 bits per heavy atom. The number of nitrogens with zero attached hydrogens (tertiary/aromatic N) is 2. The van der Waals surface area contributed by atoms with Gasteiger partial charge in [-0.2, -0.15) is 5.10 Å². The van der Waals surface area contributed by atoms with E-state index in [4.69, 9.17) is 12.2 Å². The molecular weight excluding hydrogens is 226 g/mol. The summed E-state index contributed by atoms with van der Waals surface area (Å²) in [5.74, 6) is 0.783. The van der Waals surface area contributed by atoms with Crippen LogP contribution in [-0.4, -0.2) is 21.3 Å². The Hall–Kier alpha value is -1.20. The number of nitrogens with one attached hydrogen (secondary N) is 1. The van der Waals surface area contributed by atoms with Crippen molar-refractivity contribution in [2.75, 3.05) is 5.75 Å². The van der Waals surface area contributed by atoms with Crippen LogP contribution in [0.5, 0.6) is 0 Å². The van der Waals surface area contributed by atoms with Gasteiger partial charge in [-0.1, -0.05) is 36.1 Å². The van der Waals surface area contributed by atoms with Gasteiger partial charge in [-0.25, -0.2) is 0 Å². The molecule has 0 aliphatic heterocycles. The van der Waals surface area contributed by atoms with E-state index in [1.807, 2.05) is 18.2 Å². The highest BCUT2D eigenvalue weighted by Gasteiger charge is 1.91. The van der Waals surface area contributed by atoms with Gasteiger partial charge in [0.05, 0.1) is 11.9 Å². The third-order valence-corrected chi connectivity index (χ3v) is 2.57. The van der Waals surface area contributed by atoms with Crippen molar-refractivity contribution in [3.05, 3.63) is 42.7 Å². The molecule has 0 radical (unpaired) electrons. The van der Waals surface area contributed by atoms with Gasteiger partial charge < -0.3 is 0 Å². The molecule has 0 aliphatic carbocycles. The quantitative estimate of drug-likeness (QED) is 0.377. The summed E-state index contributed by atoms with van der Waals surface area (Å²) < 4.78 is 0.627. The summed E-state index contributed by atoms with van der Waals surface area (Å²) in [6, 6.07) is 5.62. The Balaban J connectivity index is 2.33. The normalized spacial score (nSPS) is 10.1. The van der Waals surface area contributed by atoms with Crippen LogP contribution in [0.3, 0.4) is 0 Å². The second-order valence-electron chi connectivity index (χ2n) is 2.51. The lowest BCUT2D eigenvalue weighted by atomic mass is 10.4. The van der Waals surface area contributed by atoms with E-state index < -0.39 is 0 Å². The van der Waals surface area contributed by atoms with E-state index in [0.29, 0.717) is 4.32 Å². The van der Waals surface area contributed by atoms with Crippen molar-refractivity contribution in [2.45, 2.75) is 0 Å². The number of pyridine rings is 1. The summed E-state index contributed by atoms with van der Waals surface area (Å²) in [6.07, 6.45) is 5.13. The molecule has 1 aromatic rings. The lowest BCUT2D eigenvalue weighted by molar-refractivity contribution is 1.07. The zero-order valence-corrected chi connectivity index (χ0v) is 9.72. The average molecular weight is 237 g/mol. The molecule has 0 saturated carbocycles. The van der Waals surface area contributed by atoms with E-state index >= 15 is 0 Å². The third kappa shape index (κ3) is 5.29. The number of aromatic nitrogens is 1. The van der Waals surface area contributed by atoms with Gasteiger partial charge in [0.1, 0.15) is 0 Å². The van der Waals surface area contributed by atoms with Gasteiger partial charge in [0, 0.05) is 11.9 Å². The van der Waals surface area contributed by atoms with Crippen molar-refractivity contribution < 1.29 is 0 Å². The van der Waals surface area contributed by atoms with Gasteiger partial charge in [-0.05, 0) is 12.1 Å². The van der Waals surface area contributed by atoms with Crippen LogP contribution in [0.15, 0.2) is 42.2 Å². The third-order valence-electron chi connectivity index (χ3n) is 1.37. The Kier molecular flexibility index (Phi) is 5.65. The standard InChI is InChI=1S/C10H11N3S2/c1-2-7-15-10(14)13-12-8-9-5-3-4-6-11-9/h2-6,8H,1,7H2,(H,13,14)/b12-8+. The van der Waals surface area contributed by atoms with Gasteiger partial charge in [-0.15, -0.1) is 6.58 Å². The molecule has 1 aromatic heterocycles. The minimum atomic E-state index is 0.627. The van der Waals surface area contributed by atoms with Crippen LogP contribution in [0.2, 0.25) is 0 Å². The summed E-state index contributed by atoms with van der Waals surface area (Å²) in [5, 5.41) is 3.96. The Morgan fingerprint density at radius 3 is 3.20 bits per heavy atom. The Labute approximate surface area is 98.7 Å². The number of hydrazone groups is 1. The van der Waals surface area contributed by atoms with Crippen LogP contribution in [0, 0.1) is 0 Å². The maximum Gasteiger partial charge on any atom is 0.154 e. The van der Waals surface area contributed by atoms with Crippen molar-refractivity contribution in [2.24, 2.45) is 5.10 Å². The predicted molar refractivity (Wildman–Crippen MR) is 70.2 cm³/mol. The monoisotopic (exact) mass is 237 g/mol. The molecule has 0 spiro atoms. The van der Waals surface area contributed by atoms with Crippen LogP contribution in [0.25, 0.3) is 0 Å². The highest BCUT2D eigenvalue weighted by atomic mass is 32.2. The van der Waals surface area contributed by atoms with Crippen LogP contribution in [0.4, 0.5) is 0 Å². The van der Waals surface area contributed by atoms with E-state index in [1.54, 1.807) is 18.5 Å². The summed E-state index contributed by atoms with van der Waals surface area (Å²) in [6.45, 7) is 3.60. The summed E-state index contributed by atoms with van der Waals surface area (Å²) in [4.78, 5) is 4.08. The van der Waals surface area contributed by atoms with Gasteiger partial charge >= 0.3 is 0 Å². The van der Waals surface area contributed by atoms with Crippen LogP contribution >= 0.6 is 24.0 Å². The van der Waals surface area contributed by atoms with Crippen LogP contribution in [0.1, 0.15) is 5.69 Å². The average Bonchev–Trinajstić information content (AvgIpc) is 2.28. The second kappa shape index (κ2) is 7.14. The summed E-state index contributed by atoms with van der Waals surface area (Å²) in [7, 11) is 0. The molecule has 0 bridgehead atoms. The molecule has 0 aliphatic rings. The molecule has 1 N–H and O–H groups in total. The molecule has 1 rings (SSSR count). The molecule has 78 valence electrons. The van der Waals surface area contributed by atoms with Crippen molar-refractivity contribution in [3.63, 3.8) is 0 Å². The fraction of sp³-hybridized carbons (Fsp3) is 0.100. The van der Waals surface area contributed by atoms with E-state index in [9.17, 15) is 0 Å². The predicted octanol–water partition coefficient (Wildman–Crippen LogP) is 2.21. The first kappa shape index (κ1) is 11.9. The molecule has 0 amide bonds. The summed E-state index contributed by atoms with van der Waals surface area (Å²) in [5.41, 5.74) is 3.54. The molecule has 15 heavy (non-hydrogen) atoms. The second-order valence-corrected chi connectivity index (χ2v) is 4.21. The zero-order chi connectivity index (χ0) is 10.9. The van der Waals surface area contributed by atoms with Gasteiger partial charge in [0.25, 0.3) is 0 Å². The highest BCUT2D eigenvalue weighted by molar-refractivity contribution is 8.23. The first-order valence-corrected chi connectivity index (χ1v) is 5.70. The number of rotatable bonds is 4. The maximum absolute atomic E-state index is 5.00. The lowest BCUT2D eigenvalue weighted by Crippen LogP contribution is -2.11. The fourth-order valence-electron chi connectivity index (χ4n) is 0.770. The molecular formula is C10H11N3S2. The van der Waals surface area contributed by atoms with E-state index in [2.05, 4.69) is 22.1 Å². The SMILES string of the molecule is C=CCSC(=S)N/N=C/c1ccccn1. The van der Waals surface area contributed by atoms with Crippen molar-refractivity contribution >= 4 is 34.5 Å². The first-order valence-electron chi connectivity index (χ1n) is 4.30. The van der Waals surface area contributed by atoms with Gasteiger partial charge in [0.2, 0.25) is 0 Å². The molecule has 0 aromatic carbocycles. The fourth-order valence-corrected chi connectivity index (χ4v) is 1.41. The number of thiocarbonyl (C=S) groups is 1. The number of thioether (sulfide) groups is 1.